The fourth-order valence-electron chi connectivity index (χ4n) is 0.800. The molecule has 0 saturated heterocycles. The zero-order valence-electron chi connectivity index (χ0n) is 7.12. The zero-order chi connectivity index (χ0) is 9.84. The van der Waals surface area contributed by atoms with Gasteiger partial charge < -0.3 is 10.4 Å². The molecule has 0 spiro atoms. The van der Waals surface area contributed by atoms with E-state index in [-0.39, 0.29) is 5.69 Å². The van der Waals surface area contributed by atoms with Crippen molar-refractivity contribution in [2.45, 2.75) is 13.0 Å². The Morgan fingerprint density at radius 3 is 2.69 bits per heavy atom. The second-order valence-corrected chi connectivity index (χ2v) is 2.65. The Morgan fingerprint density at radius 2 is 2.15 bits per heavy atom. The topological polar surface area (TPSA) is 49.3 Å². The molecule has 1 aromatic carbocycles. The number of halogens is 1. The number of benzene rings is 1. The van der Waals surface area contributed by atoms with E-state index in [1.165, 1.54) is 25.1 Å². The van der Waals surface area contributed by atoms with Crippen LogP contribution in [-0.2, 0) is 4.79 Å². The van der Waals surface area contributed by atoms with Crippen molar-refractivity contribution in [2.75, 3.05) is 5.32 Å². The number of carbonyl (C=O) groups is 1. The number of aliphatic hydroxyl groups is 1. The Hall–Kier alpha value is -1.42. The molecule has 0 saturated carbocycles. The van der Waals surface area contributed by atoms with Crippen LogP contribution in [0.15, 0.2) is 24.3 Å². The molecule has 13 heavy (non-hydrogen) atoms. The van der Waals surface area contributed by atoms with E-state index < -0.39 is 17.8 Å². The molecule has 0 aliphatic heterocycles. The summed E-state index contributed by atoms with van der Waals surface area (Å²) in [6.07, 6.45) is -1.14. The van der Waals surface area contributed by atoms with Gasteiger partial charge in [0.2, 0.25) is 0 Å². The molecule has 0 radical (unpaired) electrons. The normalized spacial score (nSPS) is 12.2. The maximum Gasteiger partial charge on any atom is 0.252 e. The Balaban J connectivity index is 2.75. The van der Waals surface area contributed by atoms with E-state index in [4.69, 9.17) is 5.11 Å². The molecule has 1 atom stereocenters. The number of nitrogens with one attached hydrogen (secondary N) is 1. The second-order valence-electron chi connectivity index (χ2n) is 2.65. The molecule has 70 valence electrons. The van der Waals surface area contributed by atoms with E-state index in [0.29, 0.717) is 0 Å². The highest BCUT2D eigenvalue weighted by Crippen LogP contribution is 2.12. The lowest BCUT2D eigenvalue weighted by molar-refractivity contribution is -0.123. The summed E-state index contributed by atoms with van der Waals surface area (Å²) >= 11 is 0. The third-order valence-electron chi connectivity index (χ3n) is 1.51. The highest BCUT2D eigenvalue weighted by atomic mass is 19.1. The number of amides is 1. The van der Waals surface area contributed by atoms with E-state index in [9.17, 15) is 9.18 Å². The van der Waals surface area contributed by atoms with Crippen LogP contribution in [-0.4, -0.2) is 17.1 Å². The third kappa shape index (κ3) is 2.52. The minimum atomic E-state index is -1.14. The molecule has 3 nitrogen and oxygen atoms in total. The average Bonchev–Trinajstić information content (AvgIpc) is 2.08. The molecule has 0 aliphatic rings. The van der Waals surface area contributed by atoms with Crippen LogP contribution < -0.4 is 5.32 Å². The Bertz CT molecular complexity index is 312. The monoisotopic (exact) mass is 183 g/mol. The molecule has 1 rings (SSSR count). The lowest BCUT2D eigenvalue weighted by atomic mass is 10.3. The fraction of sp³-hybridized carbons (Fsp3) is 0.222. The molecule has 0 unspecified atom stereocenters. The summed E-state index contributed by atoms with van der Waals surface area (Å²) in [6.45, 7) is 1.32. The standard InChI is InChI=1S/C9H10FNO2/c1-6(12)9(13)11-8-5-3-2-4-7(8)10/h2-6,12H,1H3,(H,11,13)/t6-/m0/s1. The minimum Gasteiger partial charge on any atom is -0.384 e. The van der Waals surface area contributed by atoms with Crippen molar-refractivity contribution in [1.29, 1.82) is 0 Å². The van der Waals surface area contributed by atoms with Crippen LogP contribution in [0, 0.1) is 5.82 Å². The van der Waals surface area contributed by atoms with Crippen LogP contribution in [0.5, 0.6) is 0 Å². The molecule has 0 bridgehead atoms. The summed E-state index contributed by atoms with van der Waals surface area (Å²) in [4.78, 5) is 10.9. The van der Waals surface area contributed by atoms with Gasteiger partial charge in [-0.3, -0.25) is 4.79 Å². The first kappa shape index (κ1) is 9.67. The number of hydrogen-bond donors (Lipinski definition) is 2. The highest BCUT2D eigenvalue weighted by Gasteiger charge is 2.10. The summed E-state index contributed by atoms with van der Waals surface area (Å²) in [5.41, 5.74) is 0.0772. The first-order valence-corrected chi connectivity index (χ1v) is 3.84. The first-order chi connectivity index (χ1) is 6.11. The van der Waals surface area contributed by atoms with E-state index in [2.05, 4.69) is 5.32 Å². The van der Waals surface area contributed by atoms with E-state index in [0.717, 1.165) is 0 Å². The van der Waals surface area contributed by atoms with Gasteiger partial charge in [-0.15, -0.1) is 0 Å². The van der Waals surface area contributed by atoms with Crippen molar-refractivity contribution in [2.24, 2.45) is 0 Å². The first-order valence-electron chi connectivity index (χ1n) is 3.84. The molecule has 4 heteroatoms. The van der Waals surface area contributed by atoms with Crippen LogP contribution in [0.2, 0.25) is 0 Å². The van der Waals surface area contributed by atoms with Crippen molar-refractivity contribution in [3.8, 4) is 0 Å². The Kier molecular flexibility index (Phi) is 2.97. The van der Waals surface area contributed by atoms with Crippen LogP contribution in [0.4, 0.5) is 10.1 Å². The third-order valence-corrected chi connectivity index (χ3v) is 1.51. The van der Waals surface area contributed by atoms with Crippen LogP contribution in [0.3, 0.4) is 0 Å². The Labute approximate surface area is 75.2 Å². The second kappa shape index (κ2) is 4.00. The van der Waals surface area contributed by atoms with Gasteiger partial charge in [-0.05, 0) is 19.1 Å². The van der Waals surface area contributed by atoms with Gasteiger partial charge in [-0.2, -0.15) is 0 Å². The van der Waals surface area contributed by atoms with E-state index >= 15 is 0 Å². The maximum atomic E-state index is 12.9. The summed E-state index contributed by atoms with van der Waals surface area (Å²) in [5, 5.41) is 11.1. The average molecular weight is 183 g/mol. The largest absolute Gasteiger partial charge is 0.384 e. The number of anilines is 1. The smallest absolute Gasteiger partial charge is 0.252 e. The number of aliphatic hydroxyl groups excluding tert-OH is 1. The van der Waals surface area contributed by atoms with Crippen molar-refractivity contribution < 1.29 is 14.3 Å². The summed E-state index contributed by atoms with van der Waals surface area (Å²) in [7, 11) is 0. The van der Waals surface area contributed by atoms with Crippen molar-refractivity contribution in [3.63, 3.8) is 0 Å². The maximum absolute atomic E-state index is 12.9. The molecular weight excluding hydrogens is 173 g/mol. The van der Waals surface area contributed by atoms with Crippen LogP contribution in [0.25, 0.3) is 0 Å². The predicted molar refractivity (Wildman–Crippen MR) is 46.7 cm³/mol. The molecular formula is C9H10FNO2. The van der Waals surface area contributed by atoms with Gasteiger partial charge in [0.05, 0.1) is 5.69 Å². The molecule has 1 amide bonds. The summed E-state index contributed by atoms with van der Waals surface area (Å²) in [6, 6.07) is 5.78. The Morgan fingerprint density at radius 1 is 1.54 bits per heavy atom. The molecule has 0 aromatic heterocycles. The lowest BCUT2D eigenvalue weighted by Crippen LogP contribution is -2.24. The van der Waals surface area contributed by atoms with E-state index in [1.807, 2.05) is 0 Å². The zero-order valence-corrected chi connectivity index (χ0v) is 7.12. The lowest BCUT2D eigenvalue weighted by Gasteiger charge is -2.07. The SMILES string of the molecule is C[C@H](O)C(=O)Nc1ccccc1F. The minimum absolute atomic E-state index is 0.0772. The van der Waals surface area contributed by atoms with Gasteiger partial charge in [-0.1, -0.05) is 12.1 Å². The summed E-state index contributed by atoms with van der Waals surface area (Å²) < 4.78 is 12.9. The van der Waals surface area contributed by atoms with Gasteiger partial charge in [0.25, 0.3) is 5.91 Å². The van der Waals surface area contributed by atoms with Gasteiger partial charge in [0.1, 0.15) is 11.9 Å². The molecule has 0 heterocycles. The van der Waals surface area contributed by atoms with Crippen molar-refractivity contribution in [1.82, 2.24) is 0 Å². The van der Waals surface area contributed by atoms with Crippen molar-refractivity contribution in [3.05, 3.63) is 30.1 Å². The number of rotatable bonds is 2. The van der Waals surface area contributed by atoms with Gasteiger partial charge in [0, 0.05) is 0 Å². The van der Waals surface area contributed by atoms with Gasteiger partial charge >= 0.3 is 0 Å². The quantitative estimate of drug-likeness (QED) is 0.722. The number of hydrogen-bond acceptors (Lipinski definition) is 2. The molecule has 2 N–H and O–H groups in total. The predicted octanol–water partition coefficient (Wildman–Crippen LogP) is 1.14. The molecule has 1 aromatic rings. The molecule has 0 aliphatic carbocycles. The summed E-state index contributed by atoms with van der Waals surface area (Å²) in [5.74, 6) is -1.14. The highest BCUT2D eigenvalue weighted by molar-refractivity contribution is 5.93. The fourth-order valence-corrected chi connectivity index (χ4v) is 0.800. The van der Waals surface area contributed by atoms with Crippen LogP contribution in [0.1, 0.15) is 6.92 Å². The number of carbonyl (C=O) groups excluding carboxylic acids is 1. The van der Waals surface area contributed by atoms with Gasteiger partial charge in [-0.25, -0.2) is 4.39 Å². The van der Waals surface area contributed by atoms with Gasteiger partial charge in [0.15, 0.2) is 0 Å². The van der Waals surface area contributed by atoms with E-state index in [1.54, 1.807) is 6.07 Å². The van der Waals surface area contributed by atoms with Crippen LogP contribution >= 0.6 is 0 Å². The molecule has 0 fully saturated rings. The van der Waals surface area contributed by atoms with Crippen molar-refractivity contribution >= 4 is 11.6 Å². The number of para-hydroxylation sites is 1.